The van der Waals surface area contributed by atoms with Crippen LogP contribution in [0.1, 0.15) is 11.1 Å². The van der Waals surface area contributed by atoms with Crippen molar-refractivity contribution in [3.05, 3.63) is 29.3 Å². The summed E-state index contributed by atoms with van der Waals surface area (Å²) in [4.78, 5) is 11.0. The van der Waals surface area contributed by atoms with Crippen LogP contribution in [0.15, 0.2) is 18.2 Å². The Balaban J connectivity index is 2.96. The minimum atomic E-state index is -0.481. The van der Waals surface area contributed by atoms with Crippen LogP contribution in [-0.4, -0.2) is 13.2 Å². The van der Waals surface area contributed by atoms with E-state index in [4.69, 9.17) is 5.73 Å². The van der Waals surface area contributed by atoms with E-state index in [-0.39, 0.29) is 0 Å². The molecule has 14 heavy (non-hydrogen) atoms. The molecule has 76 valence electrons. The Morgan fingerprint density at radius 3 is 2.86 bits per heavy atom. The molecule has 1 aromatic carbocycles. The number of amides is 1. The Morgan fingerprint density at radius 2 is 2.29 bits per heavy atom. The van der Waals surface area contributed by atoms with E-state index in [1.165, 1.54) is 7.11 Å². The summed E-state index contributed by atoms with van der Waals surface area (Å²) in [6.45, 7) is 2.34. The monoisotopic (exact) mass is 194 g/mol. The maximum Gasteiger partial charge on any atom is 0.411 e. The molecule has 0 spiro atoms. The molecule has 0 aliphatic heterocycles. The molecule has 0 heterocycles. The first kappa shape index (κ1) is 10.5. The van der Waals surface area contributed by atoms with Gasteiger partial charge >= 0.3 is 6.09 Å². The van der Waals surface area contributed by atoms with Crippen LogP contribution in [0.2, 0.25) is 0 Å². The molecule has 3 N–H and O–H groups in total. The molecule has 1 rings (SSSR count). The molecule has 0 saturated carbocycles. The van der Waals surface area contributed by atoms with Crippen molar-refractivity contribution in [2.24, 2.45) is 5.73 Å². The van der Waals surface area contributed by atoms with Crippen LogP contribution in [0.25, 0.3) is 0 Å². The number of benzene rings is 1. The predicted molar refractivity (Wildman–Crippen MR) is 55.1 cm³/mol. The molecule has 4 heteroatoms. The normalized spacial score (nSPS) is 9.64. The summed E-state index contributed by atoms with van der Waals surface area (Å²) in [6.07, 6.45) is -0.481. The van der Waals surface area contributed by atoms with Gasteiger partial charge in [0.25, 0.3) is 0 Å². The van der Waals surface area contributed by atoms with Gasteiger partial charge in [-0.1, -0.05) is 12.1 Å². The highest BCUT2D eigenvalue weighted by Gasteiger charge is 2.06. The maximum atomic E-state index is 11.0. The molecule has 0 aromatic heterocycles. The van der Waals surface area contributed by atoms with Crippen molar-refractivity contribution < 1.29 is 9.53 Å². The zero-order valence-corrected chi connectivity index (χ0v) is 8.33. The second-order valence-electron chi connectivity index (χ2n) is 2.92. The summed E-state index contributed by atoms with van der Waals surface area (Å²) in [5.41, 5.74) is 8.27. The topological polar surface area (TPSA) is 64.3 Å². The van der Waals surface area contributed by atoms with Crippen molar-refractivity contribution in [3.63, 3.8) is 0 Å². The summed E-state index contributed by atoms with van der Waals surface area (Å²) in [5.74, 6) is 0. The van der Waals surface area contributed by atoms with E-state index in [2.05, 4.69) is 10.1 Å². The van der Waals surface area contributed by atoms with E-state index in [1.54, 1.807) is 6.07 Å². The summed E-state index contributed by atoms with van der Waals surface area (Å²) >= 11 is 0. The van der Waals surface area contributed by atoms with Gasteiger partial charge in [-0.25, -0.2) is 4.79 Å². The molecule has 0 radical (unpaired) electrons. The molecule has 1 aromatic rings. The molecular formula is C10H14N2O2. The Kier molecular flexibility index (Phi) is 3.48. The number of hydrogen-bond acceptors (Lipinski definition) is 3. The van der Waals surface area contributed by atoms with Crippen molar-refractivity contribution in [1.82, 2.24) is 0 Å². The third-order valence-electron chi connectivity index (χ3n) is 2.04. The van der Waals surface area contributed by atoms with Crippen LogP contribution in [-0.2, 0) is 11.3 Å². The average Bonchev–Trinajstić information content (AvgIpc) is 2.18. The molecule has 1 amide bonds. The van der Waals surface area contributed by atoms with Gasteiger partial charge in [-0.05, 0) is 24.1 Å². The summed E-state index contributed by atoms with van der Waals surface area (Å²) in [7, 11) is 1.33. The van der Waals surface area contributed by atoms with Crippen LogP contribution in [0.4, 0.5) is 10.5 Å². The zero-order valence-electron chi connectivity index (χ0n) is 8.33. The Bertz CT molecular complexity index is 337. The van der Waals surface area contributed by atoms with Gasteiger partial charge in [0.2, 0.25) is 0 Å². The van der Waals surface area contributed by atoms with E-state index in [9.17, 15) is 4.79 Å². The second kappa shape index (κ2) is 4.62. The van der Waals surface area contributed by atoms with Crippen molar-refractivity contribution in [3.8, 4) is 0 Å². The fraction of sp³-hybridized carbons (Fsp3) is 0.300. The Labute approximate surface area is 83.1 Å². The predicted octanol–water partition coefficient (Wildman–Crippen LogP) is 1.63. The first-order valence-corrected chi connectivity index (χ1v) is 4.32. The van der Waals surface area contributed by atoms with Gasteiger partial charge in [-0.2, -0.15) is 0 Å². The third-order valence-corrected chi connectivity index (χ3v) is 2.04. The quantitative estimate of drug-likeness (QED) is 0.752. The summed E-state index contributed by atoms with van der Waals surface area (Å²) in [5, 5.41) is 2.61. The van der Waals surface area contributed by atoms with Gasteiger partial charge in [-0.15, -0.1) is 0 Å². The largest absolute Gasteiger partial charge is 0.453 e. The van der Waals surface area contributed by atoms with Gasteiger partial charge < -0.3 is 10.5 Å². The number of nitrogens with one attached hydrogen (secondary N) is 1. The summed E-state index contributed by atoms with van der Waals surface area (Å²) < 4.78 is 4.50. The number of hydrogen-bond donors (Lipinski definition) is 2. The second-order valence-corrected chi connectivity index (χ2v) is 2.92. The first-order chi connectivity index (χ1) is 6.69. The van der Waals surface area contributed by atoms with Gasteiger partial charge in [0.05, 0.1) is 7.11 Å². The first-order valence-electron chi connectivity index (χ1n) is 4.32. The number of methoxy groups -OCH3 is 1. The molecule has 0 bridgehead atoms. The fourth-order valence-corrected chi connectivity index (χ4v) is 1.25. The van der Waals surface area contributed by atoms with E-state index in [0.717, 1.165) is 11.1 Å². The van der Waals surface area contributed by atoms with Crippen LogP contribution in [0, 0.1) is 6.92 Å². The molecular weight excluding hydrogens is 180 g/mol. The Morgan fingerprint density at radius 1 is 1.57 bits per heavy atom. The zero-order chi connectivity index (χ0) is 10.6. The van der Waals surface area contributed by atoms with Crippen LogP contribution in [0.3, 0.4) is 0 Å². The Hall–Kier alpha value is -1.55. The van der Waals surface area contributed by atoms with Crippen molar-refractivity contribution in [2.45, 2.75) is 13.5 Å². The number of ether oxygens (including phenoxy) is 1. The maximum absolute atomic E-state index is 11.0. The van der Waals surface area contributed by atoms with Crippen LogP contribution < -0.4 is 11.1 Å². The van der Waals surface area contributed by atoms with Crippen molar-refractivity contribution in [2.75, 3.05) is 12.4 Å². The van der Waals surface area contributed by atoms with Crippen molar-refractivity contribution >= 4 is 11.8 Å². The molecule has 4 nitrogen and oxygen atoms in total. The number of carbonyl (C=O) groups excluding carboxylic acids is 1. The lowest BCUT2D eigenvalue weighted by Crippen LogP contribution is -2.14. The van der Waals surface area contributed by atoms with E-state index >= 15 is 0 Å². The van der Waals surface area contributed by atoms with Gasteiger partial charge in [0, 0.05) is 12.2 Å². The average molecular weight is 194 g/mol. The SMILES string of the molecule is COC(=O)Nc1cccc(C)c1CN. The fourth-order valence-electron chi connectivity index (χ4n) is 1.25. The number of rotatable bonds is 2. The van der Waals surface area contributed by atoms with Gasteiger partial charge in [-0.3, -0.25) is 5.32 Å². The molecule has 0 aliphatic carbocycles. The number of aryl methyl sites for hydroxylation is 1. The molecule has 0 fully saturated rings. The number of carbonyl (C=O) groups is 1. The van der Waals surface area contributed by atoms with E-state index in [1.807, 2.05) is 19.1 Å². The van der Waals surface area contributed by atoms with Crippen molar-refractivity contribution in [1.29, 1.82) is 0 Å². The van der Waals surface area contributed by atoms with E-state index < -0.39 is 6.09 Å². The molecule has 0 aliphatic rings. The standard InChI is InChI=1S/C10H14N2O2/c1-7-4-3-5-9(8(7)6-11)12-10(13)14-2/h3-5H,6,11H2,1-2H3,(H,12,13). The lowest BCUT2D eigenvalue weighted by atomic mass is 10.1. The molecule has 0 atom stereocenters. The number of anilines is 1. The lowest BCUT2D eigenvalue weighted by molar-refractivity contribution is 0.187. The van der Waals surface area contributed by atoms with Gasteiger partial charge in [0.1, 0.15) is 0 Å². The van der Waals surface area contributed by atoms with Crippen LogP contribution in [0.5, 0.6) is 0 Å². The third kappa shape index (κ3) is 2.23. The minimum absolute atomic E-state index is 0.395. The van der Waals surface area contributed by atoms with Crippen LogP contribution >= 0.6 is 0 Å². The number of nitrogens with two attached hydrogens (primary N) is 1. The lowest BCUT2D eigenvalue weighted by Gasteiger charge is -2.10. The minimum Gasteiger partial charge on any atom is -0.453 e. The van der Waals surface area contributed by atoms with E-state index in [0.29, 0.717) is 12.2 Å². The summed E-state index contributed by atoms with van der Waals surface area (Å²) in [6, 6.07) is 5.61. The molecule has 0 saturated heterocycles. The van der Waals surface area contributed by atoms with Gasteiger partial charge in [0.15, 0.2) is 0 Å². The highest BCUT2D eigenvalue weighted by atomic mass is 16.5. The molecule has 0 unspecified atom stereocenters. The highest BCUT2D eigenvalue weighted by Crippen LogP contribution is 2.18. The highest BCUT2D eigenvalue weighted by molar-refractivity contribution is 5.85. The smallest absolute Gasteiger partial charge is 0.411 e.